The van der Waals surface area contributed by atoms with E-state index in [1.54, 1.807) is 0 Å². The Morgan fingerprint density at radius 3 is 2.09 bits per heavy atom. The van der Waals surface area contributed by atoms with E-state index < -0.39 is 6.10 Å². The molecule has 3 aliphatic rings. The third kappa shape index (κ3) is 3.19. The molecule has 0 aromatic carbocycles. The largest absolute Gasteiger partial charge is 0.390 e. The number of fused-ring (bicyclic) bond motifs is 1. The van der Waals surface area contributed by atoms with Crippen LogP contribution in [0.1, 0.15) is 25.7 Å². The molecule has 2 aliphatic heterocycles. The van der Waals surface area contributed by atoms with Crippen LogP contribution in [0.4, 0.5) is 0 Å². The molecule has 1 aliphatic carbocycles. The Morgan fingerprint density at radius 2 is 1.55 bits per heavy atom. The number of imide groups is 1. The molecule has 3 rings (SSSR count). The molecule has 2 saturated heterocycles. The summed E-state index contributed by atoms with van der Waals surface area (Å²) < 4.78 is 0. The van der Waals surface area contributed by atoms with Crippen LogP contribution in [-0.4, -0.2) is 84.0 Å². The van der Waals surface area contributed by atoms with Crippen molar-refractivity contribution in [3.63, 3.8) is 0 Å². The zero-order valence-corrected chi connectivity index (χ0v) is 13.4. The van der Waals surface area contributed by atoms with Gasteiger partial charge in [0.15, 0.2) is 0 Å². The first kappa shape index (κ1) is 15.9. The first-order valence-corrected chi connectivity index (χ1v) is 8.50. The van der Waals surface area contributed by atoms with Crippen LogP contribution < -0.4 is 0 Å². The number of likely N-dealkylation sites (N-methyl/N-ethyl adjacent to an activating group) is 1. The molecule has 124 valence electrons. The first-order chi connectivity index (χ1) is 10.6. The van der Waals surface area contributed by atoms with Gasteiger partial charge in [-0.3, -0.25) is 19.4 Å². The number of carbonyl (C=O) groups excluding carboxylic acids is 2. The van der Waals surface area contributed by atoms with E-state index in [9.17, 15) is 14.7 Å². The fourth-order valence-corrected chi connectivity index (χ4v) is 4.01. The lowest BCUT2D eigenvalue weighted by atomic mass is 9.81. The van der Waals surface area contributed by atoms with E-state index in [1.165, 1.54) is 4.90 Å². The maximum absolute atomic E-state index is 12.4. The molecule has 0 aromatic heterocycles. The van der Waals surface area contributed by atoms with Crippen LogP contribution in [0.25, 0.3) is 0 Å². The Morgan fingerprint density at radius 1 is 1.00 bits per heavy atom. The minimum Gasteiger partial charge on any atom is -0.390 e. The molecule has 1 saturated carbocycles. The second-order valence-electron chi connectivity index (χ2n) is 7.04. The number of carbonyl (C=O) groups is 2. The molecule has 1 N–H and O–H groups in total. The van der Waals surface area contributed by atoms with Crippen LogP contribution >= 0.6 is 0 Å². The van der Waals surface area contributed by atoms with E-state index in [2.05, 4.69) is 16.8 Å². The number of aliphatic hydroxyl groups is 1. The van der Waals surface area contributed by atoms with Gasteiger partial charge in [0.1, 0.15) is 0 Å². The van der Waals surface area contributed by atoms with E-state index in [0.717, 1.165) is 51.9 Å². The summed E-state index contributed by atoms with van der Waals surface area (Å²) in [7, 11) is 2.09. The van der Waals surface area contributed by atoms with Crippen molar-refractivity contribution in [2.75, 3.05) is 46.3 Å². The van der Waals surface area contributed by atoms with Crippen LogP contribution in [0, 0.1) is 11.8 Å². The number of hydrogen-bond acceptors (Lipinski definition) is 5. The predicted octanol–water partition coefficient (Wildman–Crippen LogP) is -0.230. The van der Waals surface area contributed by atoms with E-state index in [0.29, 0.717) is 6.54 Å². The van der Waals surface area contributed by atoms with Crippen LogP contribution in [0.2, 0.25) is 0 Å². The van der Waals surface area contributed by atoms with Crippen molar-refractivity contribution in [1.82, 2.24) is 14.7 Å². The van der Waals surface area contributed by atoms with Crippen LogP contribution in [0.3, 0.4) is 0 Å². The summed E-state index contributed by atoms with van der Waals surface area (Å²) in [6, 6.07) is 0. The summed E-state index contributed by atoms with van der Waals surface area (Å²) in [5.74, 6) is -0.326. The number of likely N-dealkylation sites (tertiary alicyclic amines) is 1. The Balaban J connectivity index is 1.53. The summed E-state index contributed by atoms with van der Waals surface area (Å²) in [6.07, 6.45) is 3.10. The molecule has 3 fully saturated rings. The number of nitrogens with zero attached hydrogens (tertiary/aromatic N) is 3. The fourth-order valence-electron chi connectivity index (χ4n) is 4.01. The molecule has 2 heterocycles. The maximum Gasteiger partial charge on any atom is 0.233 e. The van der Waals surface area contributed by atoms with Gasteiger partial charge in [-0.05, 0) is 19.9 Å². The van der Waals surface area contributed by atoms with Crippen molar-refractivity contribution < 1.29 is 14.7 Å². The molecular formula is C16H27N3O3. The lowest BCUT2D eigenvalue weighted by molar-refractivity contribution is -0.141. The Labute approximate surface area is 132 Å². The minimum absolute atomic E-state index is 0.0490. The minimum atomic E-state index is -0.642. The van der Waals surface area contributed by atoms with Gasteiger partial charge in [0.05, 0.1) is 24.5 Å². The normalized spacial score (nSPS) is 32.4. The summed E-state index contributed by atoms with van der Waals surface area (Å²) >= 11 is 0. The van der Waals surface area contributed by atoms with E-state index in [1.807, 2.05) is 0 Å². The molecule has 6 nitrogen and oxygen atoms in total. The summed E-state index contributed by atoms with van der Waals surface area (Å²) in [5.41, 5.74) is 0. The quantitative estimate of drug-likeness (QED) is 0.727. The Kier molecular flexibility index (Phi) is 4.80. The second-order valence-corrected chi connectivity index (χ2v) is 7.04. The van der Waals surface area contributed by atoms with Gasteiger partial charge in [-0.1, -0.05) is 12.8 Å². The highest BCUT2D eigenvalue weighted by atomic mass is 16.3. The zero-order chi connectivity index (χ0) is 15.7. The molecule has 0 radical (unpaired) electrons. The molecule has 3 atom stereocenters. The highest BCUT2D eigenvalue weighted by Crippen LogP contribution is 2.37. The standard InChI is InChI=1S/C16H27N3O3/c1-17-6-8-18(9-7-17)10-12(20)11-19-15(21)13-4-2-3-5-14(13)16(19)22/h12-14,20H,2-11H2,1H3. The lowest BCUT2D eigenvalue weighted by Gasteiger charge is -2.34. The highest BCUT2D eigenvalue weighted by molar-refractivity contribution is 6.05. The summed E-state index contributed by atoms with van der Waals surface area (Å²) in [4.78, 5) is 30.6. The second kappa shape index (κ2) is 6.64. The topological polar surface area (TPSA) is 64.1 Å². The lowest BCUT2D eigenvalue weighted by Crippen LogP contribution is -2.49. The summed E-state index contributed by atoms with van der Waals surface area (Å²) in [6.45, 7) is 4.57. The SMILES string of the molecule is CN1CCN(CC(O)CN2C(=O)C3CCCCC3C2=O)CC1. The van der Waals surface area contributed by atoms with Gasteiger partial charge in [-0.2, -0.15) is 0 Å². The number of piperazine rings is 1. The van der Waals surface area contributed by atoms with Gasteiger partial charge < -0.3 is 10.0 Å². The average Bonchev–Trinajstić information content (AvgIpc) is 2.75. The number of β-amino-alcohol motifs (C(OH)–C–C–N with tert-alkyl or cyclic N) is 1. The molecule has 0 bridgehead atoms. The highest BCUT2D eigenvalue weighted by Gasteiger charge is 2.48. The first-order valence-electron chi connectivity index (χ1n) is 8.50. The van der Waals surface area contributed by atoms with E-state index in [-0.39, 0.29) is 30.2 Å². The van der Waals surface area contributed by atoms with Gasteiger partial charge >= 0.3 is 0 Å². The van der Waals surface area contributed by atoms with E-state index >= 15 is 0 Å². The zero-order valence-electron chi connectivity index (χ0n) is 13.4. The van der Waals surface area contributed by atoms with Gasteiger partial charge in [0.2, 0.25) is 11.8 Å². The van der Waals surface area contributed by atoms with Crippen molar-refractivity contribution >= 4 is 11.8 Å². The molecule has 3 unspecified atom stereocenters. The van der Waals surface area contributed by atoms with Gasteiger partial charge in [-0.15, -0.1) is 0 Å². The van der Waals surface area contributed by atoms with Gasteiger partial charge in [0, 0.05) is 32.7 Å². The molecule has 6 heteroatoms. The third-order valence-electron chi connectivity index (χ3n) is 5.39. The molecule has 0 spiro atoms. The predicted molar refractivity (Wildman–Crippen MR) is 82.1 cm³/mol. The van der Waals surface area contributed by atoms with Gasteiger partial charge in [-0.25, -0.2) is 0 Å². The maximum atomic E-state index is 12.4. The Hall–Kier alpha value is -0.980. The molecular weight excluding hydrogens is 282 g/mol. The number of amides is 2. The van der Waals surface area contributed by atoms with Crippen molar-refractivity contribution in [3.8, 4) is 0 Å². The molecule has 2 amide bonds. The monoisotopic (exact) mass is 309 g/mol. The Bertz CT molecular complexity index is 410. The van der Waals surface area contributed by atoms with Gasteiger partial charge in [0.25, 0.3) is 0 Å². The van der Waals surface area contributed by atoms with Crippen molar-refractivity contribution in [2.45, 2.75) is 31.8 Å². The molecule has 22 heavy (non-hydrogen) atoms. The third-order valence-corrected chi connectivity index (χ3v) is 5.39. The smallest absolute Gasteiger partial charge is 0.233 e. The van der Waals surface area contributed by atoms with Crippen molar-refractivity contribution in [2.24, 2.45) is 11.8 Å². The van der Waals surface area contributed by atoms with Crippen molar-refractivity contribution in [1.29, 1.82) is 0 Å². The number of hydrogen-bond donors (Lipinski definition) is 1. The van der Waals surface area contributed by atoms with Crippen molar-refractivity contribution in [3.05, 3.63) is 0 Å². The average molecular weight is 309 g/mol. The summed E-state index contributed by atoms with van der Waals surface area (Å²) in [5, 5.41) is 10.3. The number of rotatable bonds is 4. The van der Waals surface area contributed by atoms with Crippen LogP contribution in [0.5, 0.6) is 0 Å². The van der Waals surface area contributed by atoms with E-state index in [4.69, 9.17) is 0 Å². The van der Waals surface area contributed by atoms with Crippen LogP contribution in [-0.2, 0) is 9.59 Å². The fraction of sp³-hybridized carbons (Fsp3) is 0.875. The number of aliphatic hydroxyl groups excluding tert-OH is 1. The van der Waals surface area contributed by atoms with Crippen LogP contribution in [0.15, 0.2) is 0 Å². The molecule has 0 aromatic rings.